The van der Waals surface area contributed by atoms with E-state index in [2.05, 4.69) is 10.3 Å². The van der Waals surface area contributed by atoms with Crippen molar-refractivity contribution in [1.29, 1.82) is 0 Å². The molecule has 2 rings (SSSR count). The van der Waals surface area contributed by atoms with Gasteiger partial charge in [-0.05, 0) is 12.1 Å². The van der Waals surface area contributed by atoms with Crippen LogP contribution in [-0.4, -0.2) is 18.1 Å². The molecule has 0 amide bonds. The molecular weight excluding hydrogens is 143 g/mol. The molecule has 1 N–H and O–H groups in total. The fraction of sp³-hybridized carbons (Fsp3) is 0.375. The molecule has 2 heterocycles. The van der Waals surface area contributed by atoms with E-state index in [0.717, 1.165) is 18.8 Å². The van der Waals surface area contributed by atoms with Crippen LogP contribution in [0.25, 0.3) is 0 Å². The maximum absolute atomic E-state index is 12.4. The third kappa shape index (κ3) is 1.24. The number of pyridine rings is 1. The lowest BCUT2D eigenvalue weighted by Gasteiger charge is -2.26. The monoisotopic (exact) mass is 152 g/mol. The molecule has 0 atom stereocenters. The van der Waals surface area contributed by atoms with E-state index in [4.69, 9.17) is 0 Å². The van der Waals surface area contributed by atoms with Gasteiger partial charge in [0.15, 0.2) is 0 Å². The first-order valence-electron chi connectivity index (χ1n) is 3.68. The largest absolute Gasteiger partial charge is 0.315 e. The molecule has 1 aromatic rings. The summed E-state index contributed by atoms with van der Waals surface area (Å²) < 4.78 is 12.4. The van der Waals surface area contributed by atoms with E-state index in [1.807, 2.05) is 0 Å². The lowest BCUT2D eigenvalue weighted by atomic mass is 9.99. The van der Waals surface area contributed by atoms with Gasteiger partial charge in [-0.15, -0.1) is 0 Å². The number of hydrogen-bond acceptors (Lipinski definition) is 2. The van der Waals surface area contributed by atoms with Crippen LogP contribution in [0.5, 0.6) is 0 Å². The second-order valence-corrected chi connectivity index (χ2v) is 2.76. The number of nitrogens with zero attached hydrogens (tertiary/aromatic N) is 1. The third-order valence-electron chi connectivity index (χ3n) is 1.95. The third-order valence-corrected chi connectivity index (χ3v) is 1.95. The first-order valence-corrected chi connectivity index (χ1v) is 3.68. The second-order valence-electron chi connectivity index (χ2n) is 2.76. The van der Waals surface area contributed by atoms with Gasteiger partial charge < -0.3 is 5.32 Å². The highest BCUT2D eigenvalue weighted by Gasteiger charge is 2.19. The van der Waals surface area contributed by atoms with Crippen molar-refractivity contribution in [3.05, 3.63) is 29.8 Å². The van der Waals surface area contributed by atoms with E-state index in [0.29, 0.717) is 5.92 Å². The first kappa shape index (κ1) is 6.73. The lowest BCUT2D eigenvalue weighted by Crippen LogP contribution is -2.40. The predicted octanol–water partition coefficient (Wildman–Crippen LogP) is 0.907. The van der Waals surface area contributed by atoms with Crippen LogP contribution in [-0.2, 0) is 0 Å². The van der Waals surface area contributed by atoms with E-state index in [9.17, 15) is 4.39 Å². The summed E-state index contributed by atoms with van der Waals surface area (Å²) in [6.45, 7) is 1.94. The van der Waals surface area contributed by atoms with Crippen LogP contribution in [0, 0.1) is 5.82 Å². The minimum atomic E-state index is -0.263. The van der Waals surface area contributed by atoms with Crippen molar-refractivity contribution in [3.63, 3.8) is 0 Å². The summed E-state index contributed by atoms with van der Waals surface area (Å²) in [6.07, 6.45) is 1.27. The zero-order chi connectivity index (χ0) is 7.68. The topological polar surface area (TPSA) is 24.9 Å². The van der Waals surface area contributed by atoms with Crippen LogP contribution in [0.1, 0.15) is 11.6 Å². The molecule has 0 aliphatic carbocycles. The molecule has 1 aromatic heterocycles. The molecule has 2 nitrogen and oxygen atoms in total. The molecule has 0 bridgehead atoms. The zero-order valence-electron chi connectivity index (χ0n) is 6.05. The highest BCUT2D eigenvalue weighted by molar-refractivity contribution is 5.14. The van der Waals surface area contributed by atoms with Crippen LogP contribution in [0.15, 0.2) is 18.3 Å². The lowest BCUT2D eigenvalue weighted by molar-refractivity contribution is 0.438. The van der Waals surface area contributed by atoms with E-state index >= 15 is 0 Å². The fourth-order valence-electron chi connectivity index (χ4n) is 1.13. The van der Waals surface area contributed by atoms with Gasteiger partial charge in [0.2, 0.25) is 0 Å². The molecule has 1 aliphatic heterocycles. The molecule has 58 valence electrons. The number of hydrogen-bond donors (Lipinski definition) is 1. The van der Waals surface area contributed by atoms with E-state index in [-0.39, 0.29) is 5.82 Å². The molecule has 0 aromatic carbocycles. The summed E-state index contributed by atoms with van der Waals surface area (Å²) in [4.78, 5) is 3.99. The van der Waals surface area contributed by atoms with E-state index in [1.165, 1.54) is 12.3 Å². The average Bonchev–Trinajstić information content (AvgIpc) is 1.90. The maximum atomic E-state index is 12.4. The van der Waals surface area contributed by atoms with Gasteiger partial charge in [0.05, 0.1) is 6.20 Å². The maximum Gasteiger partial charge on any atom is 0.141 e. The zero-order valence-corrected chi connectivity index (χ0v) is 6.05. The Kier molecular flexibility index (Phi) is 1.58. The summed E-state index contributed by atoms with van der Waals surface area (Å²) in [5.74, 6) is 0.233. The Labute approximate surface area is 64.5 Å². The summed E-state index contributed by atoms with van der Waals surface area (Å²) in [7, 11) is 0. The quantitative estimate of drug-likeness (QED) is 0.647. The van der Waals surface area contributed by atoms with E-state index < -0.39 is 0 Å². The minimum Gasteiger partial charge on any atom is -0.315 e. The van der Waals surface area contributed by atoms with Crippen molar-refractivity contribution in [2.75, 3.05) is 13.1 Å². The molecule has 3 heteroatoms. The van der Waals surface area contributed by atoms with E-state index in [1.54, 1.807) is 6.07 Å². The molecule has 1 fully saturated rings. The SMILES string of the molecule is Fc1ccc(C2CNC2)nc1. The standard InChI is InChI=1S/C8H9FN2/c9-7-1-2-8(11-5-7)6-3-10-4-6/h1-2,5-6,10H,3-4H2. The van der Waals surface area contributed by atoms with Crippen molar-refractivity contribution >= 4 is 0 Å². The Morgan fingerprint density at radius 2 is 2.27 bits per heavy atom. The Morgan fingerprint density at radius 1 is 1.45 bits per heavy atom. The minimum absolute atomic E-state index is 0.263. The Balaban J connectivity index is 2.18. The number of nitrogens with one attached hydrogen (secondary N) is 1. The molecule has 0 radical (unpaired) electrons. The molecule has 1 aliphatic rings. The van der Waals surface area contributed by atoms with Crippen molar-refractivity contribution in [2.45, 2.75) is 5.92 Å². The second kappa shape index (κ2) is 2.58. The van der Waals surface area contributed by atoms with Gasteiger partial charge in [0.25, 0.3) is 0 Å². The van der Waals surface area contributed by atoms with Crippen molar-refractivity contribution in [3.8, 4) is 0 Å². The van der Waals surface area contributed by atoms with Crippen LogP contribution < -0.4 is 5.32 Å². The summed E-state index contributed by atoms with van der Waals surface area (Å²) >= 11 is 0. The summed E-state index contributed by atoms with van der Waals surface area (Å²) in [6, 6.07) is 3.21. The van der Waals surface area contributed by atoms with Crippen molar-refractivity contribution in [1.82, 2.24) is 10.3 Å². The van der Waals surface area contributed by atoms with Crippen LogP contribution in [0.2, 0.25) is 0 Å². The van der Waals surface area contributed by atoms with Crippen LogP contribution >= 0.6 is 0 Å². The number of aromatic nitrogens is 1. The number of halogens is 1. The van der Waals surface area contributed by atoms with Crippen LogP contribution in [0.4, 0.5) is 4.39 Å². The predicted molar refractivity (Wildman–Crippen MR) is 39.8 cm³/mol. The van der Waals surface area contributed by atoms with Gasteiger partial charge in [-0.2, -0.15) is 0 Å². The summed E-state index contributed by atoms with van der Waals surface area (Å²) in [5, 5.41) is 3.14. The normalized spacial score (nSPS) is 17.9. The molecule has 0 saturated carbocycles. The van der Waals surface area contributed by atoms with Crippen molar-refractivity contribution < 1.29 is 4.39 Å². The highest BCUT2D eigenvalue weighted by atomic mass is 19.1. The van der Waals surface area contributed by atoms with Gasteiger partial charge in [-0.3, -0.25) is 4.98 Å². The Hall–Kier alpha value is -0.960. The molecule has 1 saturated heterocycles. The molecule has 0 spiro atoms. The summed E-state index contributed by atoms with van der Waals surface area (Å²) in [5.41, 5.74) is 0.991. The van der Waals surface area contributed by atoms with Gasteiger partial charge >= 0.3 is 0 Å². The molecule has 11 heavy (non-hydrogen) atoms. The number of rotatable bonds is 1. The molecule has 0 unspecified atom stereocenters. The first-order chi connectivity index (χ1) is 5.36. The van der Waals surface area contributed by atoms with Gasteiger partial charge in [-0.25, -0.2) is 4.39 Å². The van der Waals surface area contributed by atoms with Gasteiger partial charge in [0.1, 0.15) is 5.82 Å². The van der Waals surface area contributed by atoms with Crippen LogP contribution in [0.3, 0.4) is 0 Å². The van der Waals surface area contributed by atoms with Crippen molar-refractivity contribution in [2.24, 2.45) is 0 Å². The van der Waals surface area contributed by atoms with Gasteiger partial charge in [-0.1, -0.05) is 0 Å². The highest BCUT2D eigenvalue weighted by Crippen LogP contribution is 2.16. The Morgan fingerprint density at radius 3 is 2.73 bits per heavy atom. The average molecular weight is 152 g/mol. The fourth-order valence-corrected chi connectivity index (χ4v) is 1.13. The Bertz CT molecular complexity index is 241. The smallest absolute Gasteiger partial charge is 0.141 e. The van der Waals surface area contributed by atoms with Gasteiger partial charge in [0, 0.05) is 24.7 Å². The molecular formula is C8H9FN2.